The van der Waals surface area contributed by atoms with Gasteiger partial charge < -0.3 is 16.5 Å². The lowest BCUT2D eigenvalue weighted by Crippen LogP contribution is -2.52. The molecule has 0 spiro atoms. The summed E-state index contributed by atoms with van der Waals surface area (Å²) >= 11 is 0. The predicted molar refractivity (Wildman–Crippen MR) is 162 cm³/mol. The van der Waals surface area contributed by atoms with Gasteiger partial charge in [0.15, 0.2) is 33.3 Å². The molecule has 0 atom stereocenters. The van der Waals surface area contributed by atoms with Gasteiger partial charge in [0.1, 0.15) is 0 Å². The molecule has 34 heavy (non-hydrogen) atoms. The smallest absolute Gasteiger partial charge is 0.314 e. The maximum absolute atomic E-state index is 8.63. The highest BCUT2D eigenvalue weighted by molar-refractivity contribution is 6.87. The van der Waals surface area contributed by atoms with E-state index in [1.165, 1.54) is 0 Å². The topological polar surface area (TPSA) is 84.5 Å². The minimum Gasteiger partial charge on any atom is -0.439 e. The van der Waals surface area contributed by atoms with Gasteiger partial charge in [0, 0.05) is 6.42 Å². The Balaban J connectivity index is -0.000000490. The fraction of sp³-hybridized carbons (Fsp3) is 0.818. The van der Waals surface area contributed by atoms with Gasteiger partial charge in [0.25, 0.3) is 9.28 Å². The zero-order chi connectivity index (χ0) is 27.9. The highest BCUT2D eigenvalue weighted by Gasteiger charge is 2.39. The van der Waals surface area contributed by atoms with Crippen LogP contribution < -0.4 is 0 Å². The van der Waals surface area contributed by atoms with Gasteiger partial charge in [-0.1, -0.05) is 6.08 Å². The third-order valence-corrected chi connectivity index (χ3v) is 21.2. The van der Waals surface area contributed by atoms with Crippen molar-refractivity contribution < 1.29 is 16.5 Å². The highest BCUT2D eigenvalue weighted by atomic mass is 28.5. The third kappa shape index (κ3) is 34.0. The predicted octanol–water partition coefficient (Wildman–Crippen LogP) is 7.69. The van der Waals surface area contributed by atoms with Gasteiger partial charge in [-0.2, -0.15) is 10.5 Å². The van der Waals surface area contributed by atoms with E-state index >= 15 is 0 Å². The second kappa shape index (κ2) is 17.3. The maximum Gasteiger partial charge on any atom is 0.314 e. The molecule has 6 nitrogen and oxygen atoms in total. The van der Waals surface area contributed by atoms with E-state index in [1.54, 1.807) is 6.08 Å². The molecule has 12 heteroatoms. The second-order valence-corrected chi connectivity index (χ2v) is 36.6. The molecular weight excluding hydrogens is 525 g/mol. The standard InChI is InChI=1S/C11H27NO2Si3.C7H22O2Si3.C4H5N/c1-15(2,3)13-17(7,11-9-8-10-12)14-16(4,5)6;1-10(8-11(2,3)4)9-12(5,6)7;1-2-3-4-5/h8-9,11H2,1-7H3;10H,1-7H3;2H,1,3H2. The van der Waals surface area contributed by atoms with Crippen molar-refractivity contribution in [1.29, 1.82) is 10.5 Å². The number of allylic oxidation sites excluding steroid dienone is 1. The third-order valence-electron chi connectivity index (χ3n) is 3.24. The summed E-state index contributed by atoms with van der Waals surface area (Å²) in [6.07, 6.45) is 3.53. The average Bonchev–Trinajstić information content (AvgIpc) is 2.49. The molecule has 0 aliphatic heterocycles. The molecule has 0 rings (SSSR count). The number of unbranched alkanes of at least 4 members (excludes halogenated alkanes) is 1. The molecule has 200 valence electrons. The van der Waals surface area contributed by atoms with Gasteiger partial charge in [-0.15, -0.1) is 6.58 Å². The number of nitrogens with zero attached hydrogens (tertiary/aromatic N) is 2. The summed E-state index contributed by atoms with van der Waals surface area (Å²) in [5, 5.41) is 16.4. The van der Waals surface area contributed by atoms with E-state index in [0.29, 0.717) is 12.8 Å². The summed E-state index contributed by atoms with van der Waals surface area (Å²) in [7, 11) is -9.29. The molecule has 0 aliphatic rings. The van der Waals surface area contributed by atoms with Crippen LogP contribution in [-0.2, 0) is 16.5 Å². The first-order valence-electron chi connectivity index (χ1n) is 12.1. The van der Waals surface area contributed by atoms with E-state index in [9.17, 15) is 0 Å². The summed E-state index contributed by atoms with van der Waals surface area (Å²) in [4.78, 5) is 0. The first kappa shape index (κ1) is 38.4. The largest absolute Gasteiger partial charge is 0.439 e. The first-order valence-corrected chi connectivity index (χ1v) is 30.4. The molecule has 0 saturated heterocycles. The van der Waals surface area contributed by atoms with E-state index in [1.807, 2.05) is 6.07 Å². The molecule has 0 radical (unpaired) electrons. The number of hydrogen-bond acceptors (Lipinski definition) is 6. The van der Waals surface area contributed by atoms with Crippen LogP contribution in [0.4, 0.5) is 0 Å². The minimum absolute atomic E-state index is 0.458. The van der Waals surface area contributed by atoms with Crippen LogP contribution in [0.5, 0.6) is 0 Å². The monoisotopic (exact) mass is 578 g/mol. The fourth-order valence-electron chi connectivity index (χ4n) is 2.99. The van der Waals surface area contributed by atoms with E-state index < -0.39 is 51.1 Å². The zero-order valence-corrected chi connectivity index (χ0v) is 30.9. The molecule has 0 heterocycles. The van der Waals surface area contributed by atoms with Crippen molar-refractivity contribution in [3.8, 4) is 12.1 Å². The van der Waals surface area contributed by atoms with Crippen LogP contribution in [0, 0.1) is 22.7 Å². The van der Waals surface area contributed by atoms with Crippen molar-refractivity contribution in [2.24, 2.45) is 0 Å². The van der Waals surface area contributed by atoms with Crippen molar-refractivity contribution in [2.75, 3.05) is 0 Å². The Hall–Kier alpha value is -0.139. The number of hydrogen-bond donors (Lipinski definition) is 0. The molecule has 0 aromatic heterocycles. The van der Waals surface area contributed by atoms with E-state index in [2.05, 4.69) is 104 Å². The highest BCUT2D eigenvalue weighted by Crippen LogP contribution is 2.25. The Morgan fingerprint density at radius 3 is 1.29 bits per heavy atom. The summed E-state index contributed by atoms with van der Waals surface area (Å²) in [5.41, 5.74) is 0. The Morgan fingerprint density at radius 1 is 0.706 bits per heavy atom. The van der Waals surface area contributed by atoms with Crippen molar-refractivity contribution >= 4 is 51.1 Å². The first-order chi connectivity index (χ1) is 15.0. The average molecular weight is 579 g/mol. The summed E-state index contributed by atoms with van der Waals surface area (Å²) in [6.45, 7) is 34.1. The molecular formula is C22H54N2O4Si6. The quantitative estimate of drug-likeness (QED) is 0.134. The molecule has 0 aliphatic carbocycles. The number of nitriles is 2. The molecule has 0 amide bonds. The van der Waals surface area contributed by atoms with Crippen LogP contribution in [0.2, 0.25) is 97.7 Å². The summed E-state index contributed by atoms with van der Waals surface area (Å²) < 4.78 is 24.5. The fourth-order valence-corrected chi connectivity index (χ4v) is 24.1. The second-order valence-electron chi connectivity index (χ2n) is 12.3. The van der Waals surface area contributed by atoms with E-state index in [4.69, 9.17) is 27.0 Å². The maximum atomic E-state index is 8.63. The molecule has 0 saturated carbocycles. The molecule has 0 fully saturated rings. The zero-order valence-electron chi connectivity index (χ0n) is 24.7. The van der Waals surface area contributed by atoms with Crippen LogP contribution in [-0.4, -0.2) is 51.1 Å². The van der Waals surface area contributed by atoms with Crippen LogP contribution in [0.25, 0.3) is 0 Å². The van der Waals surface area contributed by atoms with Crippen LogP contribution >= 0.6 is 0 Å². The van der Waals surface area contributed by atoms with Crippen LogP contribution in [0.3, 0.4) is 0 Å². The van der Waals surface area contributed by atoms with E-state index in [-0.39, 0.29) is 0 Å². The number of rotatable bonds is 12. The van der Waals surface area contributed by atoms with Gasteiger partial charge in [0.05, 0.1) is 18.6 Å². The Kier molecular flexibility index (Phi) is 19.6. The SMILES string of the molecule is C=CCC#N.C[SiH](O[Si](C)(C)C)O[Si](C)(C)C.C[Si](C)(C)O[Si](C)(CCCC#N)O[Si](C)(C)C. The van der Waals surface area contributed by atoms with Crippen LogP contribution in [0.1, 0.15) is 19.3 Å². The molecule has 0 aromatic rings. The summed E-state index contributed by atoms with van der Waals surface area (Å²) in [5.74, 6) is 0. The van der Waals surface area contributed by atoms with E-state index in [0.717, 1.165) is 12.5 Å². The van der Waals surface area contributed by atoms with Crippen molar-refractivity contribution in [2.45, 2.75) is 117 Å². The van der Waals surface area contributed by atoms with Crippen molar-refractivity contribution in [3.63, 3.8) is 0 Å². The van der Waals surface area contributed by atoms with Gasteiger partial charge in [0.2, 0.25) is 0 Å². The Bertz CT molecular complexity index is 607. The Morgan fingerprint density at radius 2 is 1.09 bits per heavy atom. The van der Waals surface area contributed by atoms with Crippen molar-refractivity contribution in [3.05, 3.63) is 12.7 Å². The van der Waals surface area contributed by atoms with Gasteiger partial charge in [-0.05, 0) is 104 Å². The molecule has 0 aromatic carbocycles. The van der Waals surface area contributed by atoms with Gasteiger partial charge in [-0.25, -0.2) is 0 Å². The molecule has 0 unspecified atom stereocenters. The Labute approximate surface area is 219 Å². The molecule has 0 N–H and O–H groups in total. The lowest BCUT2D eigenvalue weighted by atomic mass is 10.4. The lowest BCUT2D eigenvalue weighted by molar-refractivity contribution is 0.382. The summed E-state index contributed by atoms with van der Waals surface area (Å²) in [6, 6.07) is 5.04. The van der Waals surface area contributed by atoms with Gasteiger partial charge in [-0.3, -0.25) is 0 Å². The van der Waals surface area contributed by atoms with Crippen molar-refractivity contribution in [1.82, 2.24) is 0 Å². The normalized spacial score (nSPS) is 12.5. The molecule has 0 bridgehead atoms. The minimum atomic E-state index is -2.09. The lowest BCUT2D eigenvalue weighted by Gasteiger charge is -2.38. The van der Waals surface area contributed by atoms with Gasteiger partial charge >= 0.3 is 8.56 Å². The van der Waals surface area contributed by atoms with Crippen LogP contribution in [0.15, 0.2) is 12.7 Å².